The Bertz CT molecular complexity index is 439. The minimum atomic E-state index is -0.319. The van der Waals surface area contributed by atoms with Gasteiger partial charge in [0.05, 0.1) is 0 Å². The fraction of sp³-hybridized carbons (Fsp3) is 0.733. The summed E-state index contributed by atoms with van der Waals surface area (Å²) < 4.78 is 5.97. The van der Waals surface area contributed by atoms with E-state index < -0.39 is 0 Å². The topological polar surface area (TPSA) is 47.0 Å². The smallest absolute Gasteiger partial charge is 0.162 e. The van der Waals surface area contributed by atoms with Crippen LogP contribution in [0.2, 0.25) is 0 Å². The highest BCUT2D eigenvalue weighted by molar-refractivity contribution is 5.46. The van der Waals surface area contributed by atoms with Crippen LogP contribution in [0.25, 0.3) is 0 Å². The summed E-state index contributed by atoms with van der Waals surface area (Å²) in [7, 11) is 0. The molecule has 0 radical (unpaired) electrons. The molecule has 1 atom stereocenters. The van der Waals surface area contributed by atoms with Gasteiger partial charge >= 0.3 is 0 Å². The number of aromatic nitrogens is 2. The second-order valence-corrected chi connectivity index (χ2v) is 5.39. The van der Waals surface area contributed by atoms with Crippen molar-refractivity contribution in [2.45, 2.75) is 59.0 Å². The molecular formula is C15H25N3O. The van der Waals surface area contributed by atoms with E-state index in [2.05, 4.69) is 33.0 Å². The quantitative estimate of drug-likeness (QED) is 0.906. The first-order valence-electron chi connectivity index (χ1n) is 7.36. The predicted octanol–water partition coefficient (Wildman–Crippen LogP) is 3.19. The zero-order valence-electron chi connectivity index (χ0n) is 12.5. The normalized spacial score (nSPS) is 23.4. The summed E-state index contributed by atoms with van der Waals surface area (Å²) in [4.78, 5) is 9.47. The van der Waals surface area contributed by atoms with Crippen LogP contribution in [0.5, 0.6) is 0 Å². The molecule has 2 rings (SSSR count). The summed E-state index contributed by atoms with van der Waals surface area (Å²) >= 11 is 0. The minimum absolute atomic E-state index is 0.319. The van der Waals surface area contributed by atoms with Crippen LogP contribution in [0.4, 0.5) is 5.82 Å². The summed E-state index contributed by atoms with van der Waals surface area (Å²) in [6.45, 7) is 10.1. The lowest BCUT2D eigenvalue weighted by molar-refractivity contribution is -0.0760. The fourth-order valence-electron chi connectivity index (χ4n) is 2.59. The lowest BCUT2D eigenvalue weighted by Gasteiger charge is -2.33. The van der Waals surface area contributed by atoms with E-state index in [0.717, 1.165) is 55.3 Å². The van der Waals surface area contributed by atoms with Crippen molar-refractivity contribution < 1.29 is 4.74 Å². The monoisotopic (exact) mass is 263 g/mol. The molecule has 1 saturated heterocycles. The van der Waals surface area contributed by atoms with Gasteiger partial charge in [0, 0.05) is 24.4 Å². The first-order valence-corrected chi connectivity index (χ1v) is 7.36. The summed E-state index contributed by atoms with van der Waals surface area (Å²) in [5, 5.41) is 3.34. The number of nitrogens with zero attached hydrogens (tertiary/aromatic N) is 2. The van der Waals surface area contributed by atoms with E-state index in [0.29, 0.717) is 0 Å². The molecule has 1 aromatic heterocycles. The molecule has 0 amide bonds. The Labute approximate surface area is 116 Å². The summed E-state index contributed by atoms with van der Waals surface area (Å²) in [5.41, 5.74) is 1.96. The Morgan fingerprint density at radius 1 is 1.26 bits per heavy atom. The molecule has 0 saturated carbocycles. The van der Waals surface area contributed by atoms with Gasteiger partial charge in [0.15, 0.2) is 5.82 Å². The molecule has 0 aromatic carbocycles. The van der Waals surface area contributed by atoms with E-state index >= 15 is 0 Å². The first-order chi connectivity index (χ1) is 9.10. The molecule has 4 heteroatoms. The van der Waals surface area contributed by atoms with Gasteiger partial charge in [0.25, 0.3) is 0 Å². The lowest BCUT2D eigenvalue weighted by Crippen LogP contribution is -2.33. The highest BCUT2D eigenvalue weighted by Gasteiger charge is 2.33. The number of hydrogen-bond acceptors (Lipinski definition) is 4. The van der Waals surface area contributed by atoms with Crippen molar-refractivity contribution in [2.24, 2.45) is 0 Å². The SMILES string of the molecule is CCNc1nc(C2(C)CCCCO2)nc(CC)c1C. The Morgan fingerprint density at radius 3 is 2.63 bits per heavy atom. The average molecular weight is 263 g/mol. The molecular weight excluding hydrogens is 238 g/mol. The number of rotatable bonds is 4. The molecule has 1 aromatic rings. The van der Waals surface area contributed by atoms with E-state index in [1.807, 2.05) is 0 Å². The Balaban J connectivity index is 2.41. The van der Waals surface area contributed by atoms with E-state index in [1.54, 1.807) is 0 Å². The lowest BCUT2D eigenvalue weighted by atomic mass is 9.94. The van der Waals surface area contributed by atoms with Gasteiger partial charge in [-0.3, -0.25) is 0 Å². The highest BCUT2D eigenvalue weighted by atomic mass is 16.5. The summed E-state index contributed by atoms with van der Waals surface area (Å²) in [6, 6.07) is 0. The zero-order valence-corrected chi connectivity index (χ0v) is 12.5. The number of aryl methyl sites for hydroxylation is 1. The molecule has 1 fully saturated rings. The highest BCUT2D eigenvalue weighted by Crippen LogP contribution is 2.34. The third-order valence-corrected chi connectivity index (χ3v) is 3.87. The predicted molar refractivity (Wildman–Crippen MR) is 77.5 cm³/mol. The van der Waals surface area contributed by atoms with Gasteiger partial charge in [-0.25, -0.2) is 9.97 Å². The fourth-order valence-corrected chi connectivity index (χ4v) is 2.59. The van der Waals surface area contributed by atoms with Crippen LogP contribution in [0, 0.1) is 6.92 Å². The average Bonchev–Trinajstić information content (AvgIpc) is 2.42. The maximum absolute atomic E-state index is 5.97. The van der Waals surface area contributed by atoms with Crippen molar-refractivity contribution in [1.82, 2.24) is 9.97 Å². The van der Waals surface area contributed by atoms with Crippen LogP contribution < -0.4 is 5.32 Å². The van der Waals surface area contributed by atoms with Crippen LogP contribution in [0.3, 0.4) is 0 Å². The molecule has 2 heterocycles. The molecule has 1 aliphatic rings. The molecule has 0 bridgehead atoms. The molecule has 4 nitrogen and oxygen atoms in total. The molecule has 0 aliphatic carbocycles. The number of ether oxygens (including phenoxy) is 1. The Kier molecular flexibility index (Phi) is 4.40. The van der Waals surface area contributed by atoms with E-state index in [1.165, 1.54) is 6.42 Å². The minimum Gasteiger partial charge on any atom is -0.370 e. The molecule has 1 aliphatic heterocycles. The van der Waals surface area contributed by atoms with Crippen molar-refractivity contribution in [3.63, 3.8) is 0 Å². The van der Waals surface area contributed by atoms with E-state index in [-0.39, 0.29) is 5.60 Å². The third-order valence-electron chi connectivity index (χ3n) is 3.87. The number of hydrogen-bond donors (Lipinski definition) is 1. The molecule has 19 heavy (non-hydrogen) atoms. The van der Waals surface area contributed by atoms with Gasteiger partial charge < -0.3 is 10.1 Å². The summed E-state index contributed by atoms with van der Waals surface area (Å²) in [5.74, 6) is 1.80. The van der Waals surface area contributed by atoms with Crippen LogP contribution in [0.15, 0.2) is 0 Å². The van der Waals surface area contributed by atoms with Crippen LogP contribution in [0.1, 0.15) is 57.1 Å². The van der Waals surface area contributed by atoms with Gasteiger partial charge in [-0.15, -0.1) is 0 Å². The molecule has 1 unspecified atom stereocenters. The molecule has 0 spiro atoms. The van der Waals surface area contributed by atoms with Gasteiger partial charge in [-0.1, -0.05) is 6.92 Å². The molecule has 106 valence electrons. The van der Waals surface area contributed by atoms with Crippen LogP contribution >= 0.6 is 0 Å². The standard InChI is InChI=1S/C15H25N3O/c1-5-12-11(3)13(16-6-2)18-14(17-12)15(4)9-7-8-10-19-15/h5-10H2,1-4H3,(H,16,17,18). The van der Waals surface area contributed by atoms with Gasteiger partial charge in [0.1, 0.15) is 11.4 Å². The number of nitrogens with one attached hydrogen (secondary N) is 1. The van der Waals surface area contributed by atoms with E-state index in [4.69, 9.17) is 14.7 Å². The van der Waals surface area contributed by atoms with Crippen molar-refractivity contribution >= 4 is 5.82 Å². The van der Waals surface area contributed by atoms with Crippen molar-refractivity contribution in [3.05, 3.63) is 17.1 Å². The Morgan fingerprint density at radius 2 is 2.05 bits per heavy atom. The second-order valence-electron chi connectivity index (χ2n) is 5.39. The zero-order chi connectivity index (χ0) is 13.9. The van der Waals surface area contributed by atoms with Crippen molar-refractivity contribution in [1.29, 1.82) is 0 Å². The largest absolute Gasteiger partial charge is 0.370 e. The van der Waals surface area contributed by atoms with E-state index in [9.17, 15) is 0 Å². The maximum atomic E-state index is 5.97. The van der Waals surface area contributed by atoms with Crippen molar-refractivity contribution in [3.8, 4) is 0 Å². The van der Waals surface area contributed by atoms with Gasteiger partial charge in [0.2, 0.25) is 0 Å². The number of anilines is 1. The van der Waals surface area contributed by atoms with Crippen LogP contribution in [-0.2, 0) is 16.8 Å². The maximum Gasteiger partial charge on any atom is 0.162 e. The Hall–Kier alpha value is -1.16. The first kappa shape index (κ1) is 14.3. The molecule has 1 N–H and O–H groups in total. The third kappa shape index (κ3) is 2.89. The van der Waals surface area contributed by atoms with Crippen molar-refractivity contribution in [2.75, 3.05) is 18.5 Å². The van der Waals surface area contributed by atoms with Crippen LogP contribution in [-0.4, -0.2) is 23.1 Å². The summed E-state index contributed by atoms with van der Waals surface area (Å²) in [6.07, 6.45) is 4.26. The van der Waals surface area contributed by atoms with Gasteiger partial charge in [-0.05, 0) is 46.5 Å². The van der Waals surface area contributed by atoms with Gasteiger partial charge in [-0.2, -0.15) is 0 Å². The second kappa shape index (κ2) is 5.87.